The summed E-state index contributed by atoms with van der Waals surface area (Å²) in [6.45, 7) is 2.46. The third-order valence-electron chi connectivity index (χ3n) is 4.18. The molecule has 0 spiro atoms. The minimum absolute atomic E-state index is 0.0178. The number of nitrogens with zero attached hydrogens (tertiary/aromatic N) is 1. The number of carbonyl (C=O) groups excluding carboxylic acids is 1. The predicted octanol–water partition coefficient (Wildman–Crippen LogP) is 0.918. The average Bonchev–Trinajstić information content (AvgIpc) is 3.09. The number of furan rings is 1. The molecule has 2 aliphatic rings. The summed E-state index contributed by atoms with van der Waals surface area (Å²) >= 11 is 0. The van der Waals surface area contributed by atoms with Gasteiger partial charge in [0.15, 0.2) is 9.84 Å². The maximum absolute atomic E-state index is 12.2. The molecule has 0 aromatic carbocycles. The lowest BCUT2D eigenvalue weighted by Gasteiger charge is -2.31. The summed E-state index contributed by atoms with van der Waals surface area (Å²) in [6.07, 6.45) is 4.80. The molecule has 7 heteroatoms. The van der Waals surface area contributed by atoms with E-state index >= 15 is 0 Å². The molecule has 3 rings (SSSR count). The first-order valence-corrected chi connectivity index (χ1v) is 9.19. The Bertz CT molecular complexity index is 643. The van der Waals surface area contributed by atoms with Gasteiger partial charge in [0.05, 0.1) is 24.6 Å². The van der Waals surface area contributed by atoms with Gasteiger partial charge in [-0.15, -0.1) is 0 Å². The van der Waals surface area contributed by atoms with Crippen molar-refractivity contribution < 1.29 is 17.6 Å². The molecule has 120 valence electrons. The largest absolute Gasteiger partial charge is 0.468 e. The molecule has 0 radical (unpaired) electrons. The second kappa shape index (κ2) is 6.26. The number of rotatable bonds is 4. The van der Waals surface area contributed by atoms with Crippen LogP contribution in [0.5, 0.6) is 0 Å². The van der Waals surface area contributed by atoms with Crippen LogP contribution in [0.3, 0.4) is 0 Å². The lowest BCUT2D eigenvalue weighted by molar-refractivity contribution is -0.126. The van der Waals surface area contributed by atoms with Crippen LogP contribution in [0.15, 0.2) is 34.3 Å². The first kappa shape index (κ1) is 15.3. The third-order valence-corrected chi connectivity index (χ3v) is 5.57. The van der Waals surface area contributed by atoms with Crippen LogP contribution >= 0.6 is 0 Å². The van der Waals surface area contributed by atoms with Gasteiger partial charge in [0.1, 0.15) is 5.76 Å². The number of likely N-dealkylation sites (tertiary alicyclic amines) is 1. The van der Waals surface area contributed by atoms with Gasteiger partial charge in [-0.2, -0.15) is 0 Å². The van der Waals surface area contributed by atoms with Crippen LogP contribution in [-0.2, 0) is 21.2 Å². The highest BCUT2D eigenvalue weighted by atomic mass is 32.2. The van der Waals surface area contributed by atoms with Gasteiger partial charge < -0.3 is 9.73 Å². The van der Waals surface area contributed by atoms with E-state index in [1.165, 1.54) is 5.41 Å². The van der Waals surface area contributed by atoms with E-state index in [4.69, 9.17) is 4.42 Å². The Kier molecular flexibility index (Phi) is 4.35. The van der Waals surface area contributed by atoms with Crippen LogP contribution in [0.1, 0.15) is 18.6 Å². The zero-order valence-electron chi connectivity index (χ0n) is 12.3. The summed E-state index contributed by atoms with van der Waals surface area (Å²) in [7, 11) is -3.12. The van der Waals surface area contributed by atoms with Crippen LogP contribution in [0.4, 0.5) is 0 Å². The summed E-state index contributed by atoms with van der Waals surface area (Å²) in [5.74, 6) is 0.842. The fourth-order valence-electron chi connectivity index (χ4n) is 2.94. The first-order chi connectivity index (χ1) is 10.5. The molecule has 1 aromatic heterocycles. The molecule has 1 amide bonds. The van der Waals surface area contributed by atoms with Crippen LogP contribution < -0.4 is 5.32 Å². The third kappa shape index (κ3) is 3.78. The maximum Gasteiger partial charge on any atom is 0.223 e. The molecule has 6 nitrogen and oxygen atoms in total. The molecule has 1 fully saturated rings. The topological polar surface area (TPSA) is 79.6 Å². The van der Waals surface area contributed by atoms with E-state index in [1.54, 1.807) is 12.3 Å². The number of sulfone groups is 1. The monoisotopic (exact) mass is 324 g/mol. The Hall–Kier alpha value is -1.60. The highest BCUT2D eigenvalue weighted by Crippen LogP contribution is 2.20. The van der Waals surface area contributed by atoms with Gasteiger partial charge in [-0.25, -0.2) is 8.42 Å². The molecular weight excluding hydrogens is 304 g/mol. The lowest BCUT2D eigenvalue weighted by atomic mass is 9.95. The molecule has 0 saturated carbocycles. The molecule has 1 aromatic rings. The van der Waals surface area contributed by atoms with Gasteiger partial charge in [0.25, 0.3) is 0 Å². The fourth-order valence-corrected chi connectivity index (χ4v) is 4.18. The van der Waals surface area contributed by atoms with Crippen molar-refractivity contribution in [3.63, 3.8) is 0 Å². The van der Waals surface area contributed by atoms with Crippen molar-refractivity contribution in [1.29, 1.82) is 0 Å². The van der Waals surface area contributed by atoms with Crippen molar-refractivity contribution >= 4 is 15.7 Å². The average molecular weight is 324 g/mol. The minimum atomic E-state index is -3.12. The van der Waals surface area contributed by atoms with E-state index in [9.17, 15) is 13.2 Å². The number of amides is 1. The van der Waals surface area contributed by atoms with Crippen molar-refractivity contribution in [1.82, 2.24) is 10.2 Å². The molecule has 2 aliphatic heterocycles. The molecule has 1 saturated heterocycles. The normalized spacial score (nSPS) is 25.4. The van der Waals surface area contributed by atoms with Gasteiger partial charge in [-0.05, 0) is 44.1 Å². The molecule has 22 heavy (non-hydrogen) atoms. The van der Waals surface area contributed by atoms with Crippen LogP contribution in [0.25, 0.3) is 0 Å². The van der Waals surface area contributed by atoms with E-state index in [0.717, 1.165) is 38.2 Å². The van der Waals surface area contributed by atoms with E-state index in [2.05, 4.69) is 10.2 Å². The zero-order chi connectivity index (χ0) is 15.6. The van der Waals surface area contributed by atoms with Gasteiger partial charge in [0, 0.05) is 11.3 Å². The van der Waals surface area contributed by atoms with Gasteiger partial charge >= 0.3 is 0 Å². The predicted molar refractivity (Wildman–Crippen MR) is 81.6 cm³/mol. The van der Waals surface area contributed by atoms with Crippen molar-refractivity contribution in [2.24, 2.45) is 5.92 Å². The summed E-state index contributed by atoms with van der Waals surface area (Å²) in [4.78, 5) is 14.5. The van der Waals surface area contributed by atoms with Crippen LogP contribution in [0.2, 0.25) is 0 Å². The Balaban J connectivity index is 1.45. The van der Waals surface area contributed by atoms with E-state index in [0.29, 0.717) is 0 Å². The minimum Gasteiger partial charge on any atom is -0.468 e. The van der Waals surface area contributed by atoms with Crippen LogP contribution in [0, 0.1) is 5.92 Å². The first-order valence-electron chi connectivity index (χ1n) is 7.48. The van der Waals surface area contributed by atoms with Gasteiger partial charge in [-0.3, -0.25) is 9.69 Å². The van der Waals surface area contributed by atoms with E-state index in [1.807, 2.05) is 12.1 Å². The SMILES string of the molecule is O=C(NC1C=CS(=O)(=O)C1)C1CCN(Cc2ccco2)CC1. The summed E-state index contributed by atoms with van der Waals surface area (Å²) in [5.41, 5.74) is 0. The van der Waals surface area contributed by atoms with Crippen LogP contribution in [-0.4, -0.2) is 44.1 Å². The zero-order valence-corrected chi connectivity index (χ0v) is 13.1. The molecule has 1 atom stereocenters. The second-order valence-corrected chi connectivity index (χ2v) is 7.83. The summed E-state index contributed by atoms with van der Waals surface area (Å²) in [5, 5.41) is 4.01. The van der Waals surface area contributed by atoms with E-state index in [-0.39, 0.29) is 23.6 Å². The van der Waals surface area contributed by atoms with Crippen molar-refractivity contribution in [2.45, 2.75) is 25.4 Å². The Morgan fingerprint density at radius 2 is 2.14 bits per heavy atom. The molecule has 1 N–H and O–H groups in total. The maximum atomic E-state index is 12.2. The van der Waals surface area contributed by atoms with Gasteiger partial charge in [-0.1, -0.05) is 0 Å². The Morgan fingerprint density at radius 1 is 1.36 bits per heavy atom. The second-order valence-electron chi connectivity index (χ2n) is 5.90. The standard InChI is InChI=1S/C15H20N2O4S/c18-15(16-13-5-9-22(19,20)11-13)12-3-6-17(7-4-12)10-14-2-1-8-21-14/h1-2,5,8-9,12-13H,3-4,6-7,10-11H2,(H,16,18). The Morgan fingerprint density at radius 3 is 2.73 bits per heavy atom. The highest BCUT2D eigenvalue weighted by molar-refractivity contribution is 7.94. The molecular formula is C15H20N2O4S. The molecule has 0 bridgehead atoms. The quantitative estimate of drug-likeness (QED) is 0.891. The Labute approximate surface area is 130 Å². The lowest BCUT2D eigenvalue weighted by Crippen LogP contribution is -2.44. The fraction of sp³-hybridized carbons (Fsp3) is 0.533. The number of hydrogen-bond acceptors (Lipinski definition) is 5. The highest BCUT2D eigenvalue weighted by Gasteiger charge is 2.29. The molecule has 3 heterocycles. The number of nitrogens with one attached hydrogen (secondary N) is 1. The number of hydrogen-bond donors (Lipinski definition) is 1. The molecule has 0 aliphatic carbocycles. The summed E-state index contributed by atoms with van der Waals surface area (Å²) < 4.78 is 28.0. The van der Waals surface area contributed by atoms with Crippen molar-refractivity contribution in [2.75, 3.05) is 18.8 Å². The number of carbonyl (C=O) groups is 1. The van der Waals surface area contributed by atoms with Gasteiger partial charge in [0.2, 0.25) is 5.91 Å². The summed E-state index contributed by atoms with van der Waals surface area (Å²) in [6, 6.07) is 3.45. The van der Waals surface area contributed by atoms with Crippen molar-refractivity contribution in [3.8, 4) is 0 Å². The smallest absolute Gasteiger partial charge is 0.223 e. The number of piperidine rings is 1. The van der Waals surface area contributed by atoms with E-state index < -0.39 is 9.84 Å². The van der Waals surface area contributed by atoms with Crippen molar-refractivity contribution in [3.05, 3.63) is 35.6 Å². The molecule has 1 unspecified atom stereocenters.